The molecular weight excluding hydrogens is 300 g/mol. The monoisotopic (exact) mass is 324 g/mol. The van der Waals surface area contributed by atoms with Crippen molar-refractivity contribution in [2.24, 2.45) is 17.6 Å². The Balaban J connectivity index is 2.01. The van der Waals surface area contributed by atoms with Gasteiger partial charge in [-0.05, 0) is 49.4 Å². The molecule has 0 amide bonds. The van der Waals surface area contributed by atoms with Crippen molar-refractivity contribution in [3.63, 3.8) is 0 Å². The Morgan fingerprint density at radius 1 is 1.42 bits per heavy atom. The predicted octanol–water partition coefficient (Wildman–Crippen LogP) is 3.64. The topological polar surface area (TPSA) is 29.3 Å². The molecule has 1 saturated carbocycles. The zero-order chi connectivity index (χ0) is 14.0. The molecule has 0 spiro atoms. The normalized spacial score (nSPS) is 26.8. The summed E-state index contributed by atoms with van der Waals surface area (Å²) >= 11 is 3.54. The van der Waals surface area contributed by atoms with Crippen LogP contribution in [-0.4, -0.2) is 24.0 Å². The Labute approximate surface area is 125 Å². The third-order valence-corrected chi connectivity index (χ3v) is 5.22. The van der Waals surface area contributed by atoms with E-state index in [9.17, 15) is 0 Å². The average molecular weight is 325 g/mol. The fourth-order valence-corrected chi connectivity index (χ4v) is 3.55. The van der Waals surface area contributed by atoms with Gasteiger partial charge in [-0.2, -0.15) is 0 Å². The third-order valence-electron chi connectivity index (χ3n) is 4.73. The summed E-state index contributed by atoms with van der Waals surface area (Å²) in [6, 6.07) is 8.55. The van der Waals surface area contributed by atoms with Gasteiger partial charge in [-0.15, -0.1) is 0 Å². The highest BCUT2D eigenvalue weighted by Crippen LogP contribution is 2.45. The van der Waals surface area contributed by atoms with Gasteiger partial charge < -0.3 is 5.73 Å². The molecule has 106 valence electrons. The molecule has 1 aromatic carbocycles. The summed E-state index contributed by atoms with van der Waals surface area (Å²) in [5.74, 6) is 1.62. The third kappa shape index (κ3) is 3.21. The van der Waals surface area contributed by atoms with Crippen molar-refractivity contribution < 1.29 is 0 Å². The minimum absolute atomic E-state index is 0.219. The first-order valence-electron chi connectivity index (χ1n) is 7.12. The molecule has 19 heavy (non-hydrogen) atoms. The van der Waals surface area contributed by atoms with Gasteiger partial charge in [-0.3, -0.25) is 4.90 Å². The van der Waals surface area contributed by atoms with Crippen LogP contribution in [0.25, 0.3) is 0 Å². The van der Waals surface area contributed by atoms with Crippen molar-refractivity contribution in [1.29, 1.82) is 0 Å². The van der Waals surface area contributed by atoms with Crippen molar-refractivity contribution in [2.75, 3.05) is 13.6 Å². The van der Waals surface area contributed by atoms with Crippen LogP contribution in [0.2, 0.25) is 0 Å². The molecule has 2 N–H and O–H groups in total. The summed E-state index contributed by atoms with van der Waals surface area (Å²) in [6.07, 6.45) is 2.48. The van der Waals surface area contributed by atoms with Crippen molar-refractivity contribution in [3.8, 4) is 0 Å². The summed E-state index contributed by atoms with van der Waals surface area (Å²) in [4.78, 5) is 2.45. The fourth-order valence-electron chi connectivity index (χ4n) is 3.10. The molecule has 2 rings (SSSR count). The number of likely N-dealkylation sites (N-methyl/N-ethyl adjacent to an activating group) is 1. The van der Waals surface area contributed by atoms with Gasteiger partial charge in [0.2, 0.25) is 0 Å². The summed E-state index contributed by atoms with van der Waals surface area (Å²) < 4.78 is 1.15. The molecule has 0 unspecified atom stereocenters. The Morgan fingerprint density at radius 2 is 2.11 bits per heavy atom. The van der Waals surface area contributed by atoms with Crippen LogP contribution in [0.1, 0.15) is 32.3 Å². The highest BCUT2D eigenvalue weighted by molar-refractivity contribution is 9.10. The molecule has 0 bridgehead atoms. The molecule has 0 aliphatic heterocycles. The Hall–Kier alpha value is -0.380. The second-order valence-corrected chi connectivity index (χ2v) is 7.24. The summed E-state index contributed by atoms with van der Waals surface area (Å²) in [5.41, 5.74) is 7.63. The quantitative estimate of drug-likeness (QED) is 0.895. The minimum atomic E-state index is 0.219. The van der Waals surface area contributed by atoms with Gasteiger partial charge in [-0.25, -0.2) is 0 Å². The molecule has 0 aromatic heterocycles. The smallest absolute Gasteiger partial charge is 0.0337 e. The fraction of sp³-hybridized carbons (Fsp3) is 0.625. The van der Waals surface area contributed by atoms with E-state index in [0.29, 0.717) is 0 Å². The van der Waals surface area contributed by atoms with Crippen LogP contribution >= 0.6 is 15.9 Å². The first-order valence-corrected chi connectivity index (χ1v) is 7.92. The molecule has 0 heterocycles. The van der Waals surface area contributed by atoms with Crippen LogP contribution in [0, 0.1) is 11.8 Å². The van der Waals surface area contributed by atoms with Gasteiger partial charge in [0.1, 0.15) is 0 Å². The maximum absolute atomic E-state index is 6.06. The number of nitrogens with zero attached hydrogens (tertiary/aromatic N) is 1. The van der Waals surface area contributed by atoms with Crippen molar-refractivity contribution in [2.45, 2.75) is 38.8 Å². The first kappa shape index (κ1) is 15.0. The van der Waals surface area contributed by atoms with Crippen molar-refractivity contribution in [1.82, 2.24) is 4.90 Å². The lowest BCUT2D eigenvalue weighted by atomic mass is 9.63. The Morgan fingerprint density at radius 3 is 2.63 bits per heavy atom. The summed E-state index contributed by atoms with van der Waals surface area (Å²) in [7, 11) is 2.21. The highest BCUT2D eigenvalue weighted by atomic mass is 79.9. The van der Waals surface area contributed by atoms with Crippen LogP contribution in [0.4, 0.5) is 0 Å². The average Bonchev–Trinajstić information content (AvgIpc) is 2.27. The van der Waals surface area contributed by atoms with E-state index in [2.05, 4.69) is 66.0 Å². The van der Waals surface area contributed by atoms with Crippen LogP contribution < -0.4 is 5.73 Å². The standard InChI is InChI=1S/C16H25BrN2/c1-12(2)14-8-16(9-14,11-18)19(3)10-13-5-4-6-15(17)7-13/h4-7,12,14H,8-11,18H2,1-3H3. The maximum Gasteiger partial charge on any atom is 0.0337 e. The van der Waals surface area contributed by atoms with Gasteiger partial charge in [0.25, 0.3) is 0 Å². The van der Waals surface area contributed by atoms with Crippen molar-refractivity contribution in [3.05, 3.63) is 34.3 Å². The lowest BCUT2D eigenvalue weighted by Crippen LogP contribution is -2.60. The highest BCUT2D eigenvalue weighted by Gasteiger charge is 2.46. The minimum Gasteiger partial charge on any atom is -0.329 e. The zero-order valence-electron chi connectivity index (χ0n) is 12.2. The number of nitrogens with two attached hydrogens (primary N) is 1. The number of hydrogen-bond acceptors (Lipinski definition) is 2. The molecular formula is C16H25BrN2. The lowest BCUT2D eigenvalue weighted by Gasteiger charge is -2.54. The van der Waals surface area contributed by atoms with Gasteiger partial charge in [0.05, 0.1) is 0 Å². The molecule has 0 atom stereocenters. The Kier molecular flexibility index (Phi) is 4.70. The van der Waals surface area contributed by atoms with E-state index in [0.717, 1.165) is 29.4 Å². The van der Waals surface area contributed by atoms with E-state index < -0.39 is 0 Å². The second-order valence-electron chi connectivity index (χ2n) is 6.33. The zero-order valence-corrected chi connectivity index (χ0v) is 13.8. The summed E-state index contributed by atoms with van der Waals surface area (Å²) in [5, 5.41) is 0. The van der Waals surface area contributed by atoms with E-state index in [4.69, 9.17) is 5.73 Å². The molecule has 0 saturated heterocycles. The van der Waals surface area contributed by atoms with Gasteiger partial charge in [-0.1, -0.05) is 41.9 Å². The van der Waals surface area contributed by atoms with Crippen LogP contribution in [0.3, 0.4) is 0 Å². The van der Waals surface area contributed by atoms with Gasteiger partial charge in [0, 0.05) is 23.1 Å². The Bertz CT molecular complexity index is 425. The maximum atomic E-state index is 6.06. The van der Waals surface area contributed by atoms with E-state index in [1.165, 1.54) is 18.4 Å². The number of rotatable bonds is 5. The number of halogens is 1. The van der Waals surface area contributed by atoms with Crippen molar-refractivity contribution >= 4 is 15.9 Å². The van der Waals surface area contributed by atoms with E-state index in [1.807, 2.05) is 0 Å². The lowest BCUT2D eigenvalue weighted by molar-refractivity contribution is -0.0244. The second kappa shape index (κ2) is 5.94. The van der Waals surface area contributed by atoms with Crippen LogP contribution in [0.15, 0.2) is 28.7 Å². The van der Waals surface area contributed by atoms with Gasteiger partial charge in [0.15, 0.2) is 0 Å². The van der Waals surface area contributed by atoms with Crippen LogP contribution in [-0.2, 0) is 6.54 Å². The first-order chi connectivity index (χ1) is 8.97. The largest absolute Gasteiger partial charge is 0.329 e. The number of benzene rings is 1. The van der Waals surface area contributed by atoms with E-state index in [1.54, 1.807) is 0 Å². The summed E-state index contributed by atoms with van der Waals surface area (Å²) in [6.45, 7) is 6.38. The molecule has 1 aromatic rings. The van der Waals surface area contributed by atoms with E-state index in [-0.39, 0.29) is 5.54 Å². The number of hydrogen-bond donors (Lipinski definition) is 1. The molecule has 1 aliphatic carbocycles. The molecule has 3 heteroatoms. The van der Waals surface area contributed by atoms with Gasteiger partial charge >= 0.3 is 0 Å². The van der Waals surface area contributed by atoms with E-state index >= 15 is 0 Å². The molecule has 2 nitrogen and oxygen atoms in total. The molecule has 1 aliphatic rings. The van der Waals surface area contributed by atoms with Crippen LogP contribution in [0.5, 0.6) is 0 Å². The molecule has 0 radical (unpaired) electrons. The molecule has 1 fully saturated rings. The predicted molar refractivity (Wildman–Crippen MR) is 85.0 cm³/mol. The SMILES string of the molecule is CC(C)C1CC(CN)(N(C)Cc2cccc(Br)c2)C1.